The average molecular weight is 500 g/mol. The van der Waals surface area contributed by atoms with Gasteiger partial charge in [0.25, 0.3) is 0 Å². The third kappa shape index (κ3) is 4.55. The van der Waals surface area contributed by atoms with E-state index >= 15 is 0 Å². The molecule has 1 saturated carbocycles. The lowest BCUT2D eigenvalue weighted by Gasteiger charge is -2.22. The lowest BCUT2D eigenvalue weighted by atomic mass is 9.95. The minimum Gasteiger partial charge on any atom is -0.353 e. The Kier molecular flexibility index (Phi) is 6.31. The van der Waals surface area contributed by atoms with E-state index in [9.17, 15) is 4.79 Å². The minimum atomic E-state index is 0.0535. The van der Waals surface area contributed by atoms with Crippen molar-refractivity contribution in [1.29, 1.82) is 0 Å². The van der Waals surface area contributed by atoms with Crippen molar-refractivity contribution in [3.05, 3.63) is 60.2 Å². The molecule has 1 fully saturated rings. The van der Waals surface area contributed by atoms with E-state index in [2.05, 4.69) is 20.9 Å². The number of hydrogen-bond acceptors (Lipinski definition) is 6. The fraction of sp³-hybridized carbons (Fsp3) is 0.370. The number of aryl methyl sites for hydroxylation is 3. The van der Waals surface area contributed by atoms with Crippen molar-refractivity contribution in [3.63, 3.8) is 0 Å². The molecule has 6 rings (SSSR count). The summed E-state index contributed by atoms with van der Waals surface area (Å²) in [7, 11) is 0. The number of carbonyl (C=O) groups excluding carboxylic acids is 1. The van der Waals surface area contributed by atoms with Gasteiger partial charge < -0.3 is 9.88 Å². The molecule has 9 heteroatoms. The molecule has 0 radical (unpaired) electrons. The molecule has 1 aliphatic carbocycles. The van der Waals surface area contributed by atoms with Crippen molar-refractivity contribution in [1.82, 2.24) is 34.4 Å². The van der Waals surface area contributed by atoms with Gasteiger partial charge in [0.15, 0.2) is 16.6 Å². The maximum absolute atomic E-state index is 12.6. The number of rotatable bonds is 7. The van der Waals surface area contributed by atoms with Gasteiger partial charge in [-0.3, -0.25) is 4.79 Å². The molecule has 0 atom stereocenters. The first-order valence-electron chi connectivity index (χ1n) is 12.6. The summed E-state index contributed by atoms with van der Waals surface area (Å²) in [6.07, 6.45) is 6.48. The molecule has 8 nitrogen and oxygen atoms in total. The van der Waals surface area contributed by atoms with Crippen molar-refractivity contribution >= 4 is 45.3 Å². The highest BCUT2D eigenvalue weighted by molar-refractivity contribution is 7.99. The number of para-hydroxylation sites is 3. The molecule has 0 unspecified atom stereocenters. The van der Waals surface area contributed by atoms with E-state index in [1.165, 1.54) is 31.0 Å². The van der Waals surface area contributed by atoms with Gasteiger partial charge in [0, 0.05) is 24.4 Å². The van der Waals surface area contributed by atoms with Gasteiger partial charge in [0.05, 0.1) is 22.3 Å². The monoisotopic (exact) mass is 499 g/mol. The zero-order valence-electron chi connectivity index (χ0n) is 20.4. The van der Waals surface area contributed by atoms with E-state index in [4.69, 9.17) is 15.1 Å². The van der Waals surface area contributed by atoms with E-state index in [1.54, 1.807) is 4.52 Å². The van der Waals surface area contributed by atoms with Crippen LogP contribution in [0.3, 0.4) is 0 Å². The molecule has 36 heavy (non-hydrogen) atoms. The molecule has 0 bridgehead atoms. The van der Waals surface area contributed by atoms with Crippen LogP contribution in [-0.2, 0) is 17.8 Å². The predicted molar refractivity (Wildman–Crippen MR) is 142 cm³/mol. The van der Waals surface area contributed by atoms with Crippen molar-refractivity contribution in [2.45, 2.75) is 63.2 Å². The summed E-state index contributed by atoms with van der Waals surface area (Å²) in [6.45, 7) is 2.77. The van der Waals surface area contributed by atoms with Gasteiger partial charge in [-0.05, 0) is 44.0 Å². The molecule has 3 heterocycles. The number of benzene rings is 2. The molecular weight excluding hydrogens is 470 g/mol. The van der Waals surface area contributed by atoms with Crippen molar-refractivity contribution in [2.24, 2.45) is 0 Å². The highest BCUT2D eigenvalue weighted by atomic mass is 32.2. The van der Waals surface area contributed by atoms with Crippen LogP contribution >= 0.6 is 11.8 Å². The van der Waals surface area contributed by atoms with Crippen LogP contribution in [0.2, 0.25) is 0 Å². The fourth-order valence-corrected chi connectivity index (χ4v) is 5.86. The second-order valence-electron chi connectivity index (χ2n) is 9.42. The quantitative estimate of drug-likeness (QED) is 0.257. The Morgan fingerprint density at radius 3 is 2.64 bits per heavy atom. The Bertz CT molecular complexity index is 1550. The lowest BCUT2D eigenvalue weighted by Crippen LogP contribution is -2.37. The van der Waals surface area contributed by atoms with Crippen LogP contribution in [0.5, 0.6) is 0 Å². The Balaban J connectivity index is 1.25. The summed E-state index contributed by atoms with van der Waals surface area (Å²) in [5.41, 5.74) is 3.75. The number of carbonyl (C=O) groups is 1. The first-order valence-corrected chi connectivity index (χ1v) is 13.6. The Morgan fingerprint density at radius 1 is 1.00 bits per heavy atom. The van der Waals surface area contributed by atoms with E-state index in [0.29, 0.717) is 23.4 Å². The van der Waals surface area contributed by atoms with Crippen LogP contribution < -0.4 is 5.32 Å². The normalized spacial score (nSPS) is 14.7. The molecular formula is C27H29N7OS. The van der Waals surface area contributed by atoms with Gasteiger partial charge in [0.2, 0.25) is 5.91 Å². The van der Waals surface area contributed by atoms with Crippen LogP contribution in [0, 0.1) is 6.92 Å². The lowest BCUT2D eigenvalue weighted by molar-refractivity contribution is -0.119. The molecule has 3 aromatic heterocycles. The van der Waals surface area contributed by atoms with Gasteiger partial charge in [-0.2, -0.15) is 4.52 Å². The van der Waals surface area contributed by atoms with Crippen LogP contribution in [-0.4, -0.2) is 46.8 Å². The van der Waals surface area contributed by atoms with Gasteiger partial charge >= 0.3 is 0 Å². The average Bonchev–Trinajstić information content (AvgIpc) is 3.47. The number of nitrogens with zero attached hydrogens (tertiary/aromatic N) is 6. The largest absolute Gasteiger partial charge is 0.353 e. The zero-order chi connectivity index (χ0) is 24.5. The summed E-state index contributed by atoms with van der Waals surface area (Å²) >= 11 is 1.42. The molecule has 5 aromatic rings. The second-order valence-corrected chi connectivity index (χ2v) is 10.4. The molecule has 0 aliphatic heterocycles. The van der Waals surface area contributed by atoms with Crippen molar-refractivity contribution in [2.75, 3.05) is 5.75 Å². The molecule has 1 aliphatic rings. The highest BCUT2D eigenvalue weighted by Crippen LogP contribution is 2.25. The summed E-state index contributed by atoms with van der Waals surface area (Å²) in [5.74, 6) is 2.09. The zero-order valence-corrected chi connectivity index (χ0v) is 21.2. The van der Waals surface area contributed by atoms with Crippen LogP contribution in [0.1, 0.15) is 43.8 Å². The molecule has 1 amide bonds. The number of amides is 1. The second kappa shape index (κ2) is 9.89. The number of nitrogens with one attached hydrogen (secondary N) is 1. The summed E-state index contributed by atoms with van der Waals surface area (Å²) in [4.78, 5) is 27.0. The van der Waals surface area contributed by atoms with E-state index in [1.807, 2.05) is 49.4 Å². The smallest absolute Gasteiger partial charge is 0.230 e. The number of imidazole rings is 1. The van der Waals surface area contributed by atoms with E-state index in [-0.39, 0.29) is 5.91 Å². The number of thioether (sulfide) groups is 1. The van der Waals surface area contributed by atoms with Gasteiger partial charge in [-0.25, -0.2) is 15.0 Å². The maximum atomic E-state index is 12.6. The van der Waals surface area contributed by atoms with Gasteiger partial charge in [-0.15, -0.1) is 5.10 Å². The molecule has 1 N–H and O–H groups in total. The number of hydrogen-bond donors (Lipinski definition) is 1. The van der Waals surface area contributed by atoms with Crippen LogP contribution in [0.25, 0.3) is 27.6 Å². The first-order chi connectivity index (χ1) is 17.7. The molecule has 0 saturated heterocycles. The van der Waals surface area contributed by atoms with Gasteiger partial charge in [-0.1, -0.05) is 55.3 Å². The minimum absolute atomic E-state index is 0.0535. The Morgan fingerprint density at radius 2 is 1.78 bits per heavy atom. The summed E-state index contributed by atoms with van der Waals surface area (Å²) in [6, 6.07) is 16.4. The van der Waals surface area contributed by atoms with Crippen LogP contribution in [0.15, 0.2) is 53.7 Å². The molecule has 2 aromatic carbocycles. The SMILES string of the molecule is Cc1nc2ccccc2n1CCc1nc2c3ccccc3nc(SCC(=O)NC3CCCCC3)n2n1. The fourth-order valence-electron chi connectivity index (χ4n) is 5.11. The number of fused-ring (bicyclic) bond motifs is 4. The predicted octanol–water partition coefficient (Wildman–Crippen LogP) is 4.72. The Labute approximate surface area is 213 Å². The van der Waals surface area contributed by atoms with Crippen molar-refractivity contribution in [3.8, 4) is 0 Å². The summed E-state index contributed by atoms with van der Waals surface area (Å²) in [5, 5.41) is 9.66. The van der Waals surface area contributed by atoms with E-state index in [0.717, 1.165) is 58.6 Å². The third-order valence-corrected chi connectivity index (χ3v) is 7.83. The van der Waals surface area contributed by atoms with Crippen LogP contribution in [0.4, 0.5) is 0 Å². The first kappa shape index (κ1) is 23.0. The number of aromatic nitrogens is 6. The standard InChI is InChI=1S/C27H29N7OS/c1-18-28-22-13-7-8-14-23(22)33(18)16-15-24-31-26-20-11-5-6-12-21(20)30-27(34(26)32-24)36-17-25(35)29-19-9-3-2-4-10-19/h5-8,11-14,19H,2-4,9-10,15-17H2,1H3,(H,29,35). The summed E-state index contributed by atoms with van der Waals surface area (Å²) < 4.78 is 4.01. The topological polar surface area (TPSA) is 90.0 Å². The van der Waals surface area contributed by atoms with Gasteiger partial charge in [0.1, 0.15) is 5.82 Å². The third-order valence-electron chi connectivity index (χ3n) is 6.90. The molecule has 184 valence electrons. The molecule has 0 spiro atoms. The Hall–Kier alpha value is -3.46. The highest BCUT2D eigenvalue weighted by Gasteiger charge is 2.18. The maximum Gasteiger partial charge on any atom is 0.230 e. The van der Waals surface area contributed by atoms with E-state index < -0.39 is 0 Å². The van der Waals surface area contributed by atoms with Crippen molar-refractivity contribution < 1.29 is 4.79 Å².